The maximum Gasteiger partial charge on any atom is 0.332 e. The maximum absolute atomic E-state index is 13.1. The highest BCUT2D eigenvalue weighted by Gasteiger charge is 2.25. The summed E-state index contributed by atoms with van der Waals surface area (Å²) >= 11 is 0. The summed E-state index contributed by atoms with van der Waals surface area (Å²) in [6, 6.07) is 18.4. The summed E-state index contributed by atoms with van der Waals surface area (Å²) in [7, 11) is 3.18. The first-order valence-corrected chi connectivity index (χ1v) is 10.1. The van der Waals surface area contributed by atoms with Gasteiger partial charge in [0.2, 0.25) is 5.95 Å². The molecule has 0 N–H and O–H groups in total. The van der Waals surface area contributed by atoms with Crippen LogP contribution >= 0.6 is 0 Å². The lowest BCUT2D eigenvalue weighted by Crippen LogP contribution is -2.37. The highest BCUT2D eigenvalue weighted by molar-refractivity contribution is 5.75. The van der Waals surface area contributed by atoms with Crippen molar-refractivity contribution in [3.05, 3.63) is 92.1 Å². The molecule has 0 saturated carbocycles. The van der Waals surface area contributed by atoms with Gasteiger partial charge >= 0.3 is 5.69 Å². The van der Waals surface area contributed by atoms with Crippen molar-refractivity contribution in [1.29, 1.82) is 0 Å². The van der Waals surface area contributed by atoms with E-state index < -0.39 is 0 Å². The summed E-state index contributed by atoms with van der Waals surface area (Å²) in [6.07, 6.45) is 0.918. The standard InChI is InChI=1S/C23H23N5O2/c1-25-20-19(21(29)26(2)23(25)30)28(14-16-8-4-3-5-9-16)22(24-20)27-13-12-17-10-6-7-11-18(17)15-27/h3-11H,12-15H2,1-2H3. The van der Waals surface area contributed by atoms with Gasteiger partial charge in [-0.2, -0.15) is 4.98 Å². The highest BCUT2D eigenvalue weighted by Crippen LogP contribution is 2.27. The Hall–Kier alpha value is -3.61. The van der Waals surface area contributed by atoms with Crippen molar-refractivity contribution in [3.8, 4) is 0 Å². The smallest absolute Gasteiger partial charge is 0.332 e. The molecule has 0 saturated heterocycles. The summed E-state index contributed by atoms with van der Waals surface area (Å²) < 4.78 is 4.57. The van der Waals surface area contributed by atoms with E-state index in [1.54, 1.807) is 7.05 Å². The Morgan fingerprint density at radius 1 is 0.900 bits per heavy atom. The molecule has 4 aromatic rings. The fourth-order valence-corrected chi connectivity index (χ4v) is 4.26. The van der Waals surface area contributed by atoms with E-state index >= 15 is 0 Å². The Kier molecular flexibility index (Phi) is 4.31. The van der Waals surface area contributed by atoms with Crippen LogP contribution in [0.2, 0.25) is 0 Å². The molecule has 2 aromatic heterocycles. The summed E-state index contributed by atoms with van der Waals surface area (Å²) in [5.41, 5.74) is 3.89. The predicted molar refractivity (Wildman–Crippen MR) is 117 cm³/mol. The lowest BCUT2D eigenvalue weighted by atomic mass is 10.0. The number of aromatic nitrogens is 4. The van der Waals surface area contributed by atoms with E-state index in [9.17, 15) is 9.59 Å². The van der Waals surface area contributed by atoms with Crippen LogP contribution in [0.4, 0.5) is 5.95 Å². The van der Waals surface area contributed by atoms with Crippen LogP contribution in [0.1, 0.15) is 16.7 Å². The molecular formula is C23H23N5O2. The molecule has 0 aliphatic carbocycles. The van der Waals surface area contributed by atoms with Crippen molar-refractivity contribution in [2.24, 2.45) is 14.1 Å². The molecule has 152 valence electrons. The van der Waals surface area contributed by atoms with Gasteiger partial charge in [-0.1, -0.05) is 54.6 Å². The zero-order valence-corrected chi connectivity index (χ0v) is 17.1. The Balaban J connectivity index is 1.72. The summed E-state index contributed by atoms with van der Waals surface area (Å²) in [5, 5.41) is 0. The molecule has 0 atom stereocenters. The number of hydrogen-bond acceptors (Lipinski definition) is 4. The van der Waals surface area contributed by atoms with E-state index in [0.29, 0.717) is 17.7 Å². The molecule has 7 nitrogen and oxygen atoms in total. The van der Waals surface area contributed by atoms with Gasteiger partial charge in [0, 0.05) is 27.2 Å². The minimum absolute atomic E-state index is 0.319. The summed E-state index contributed by atoms with van der Waals surface area (Å²) in [5.74, 6) is 0.724. The number of rotatable bonds is 3. The molecule has 0 unspecified atom stereocenters. The van der Waals surface area contributed by atoms with Crippen LogP contribution in [-0.4, -0.2) is 25.2 Å². The number of benzene rings is 2. The Morgan fingerprint density at radius 3 is 2.37 bits per heavy atom. The van der Waals surface area contributed by atoms with Crippen LogP contribution in [0.25, 0.3) is 11.2 Å². The van der Waals surface area contributed by atoms with Crippen molar-refractivity contribution in [3.63, 3.8) is 0 Å². The van der Waals surface area contributed by atoms with Gasteiger partial charge in [0.15, 0.2) is 11.2 Å². The van der Waals surface area contributed by atoms with Crippen LogP contribution in [-0.2, 0) is 33.6 Å². The molecule has 0 bridgehead atoms. The average molecular weight is 401 g/mol. The fourth-order valence-electron chi connectivity index (χ4n) is 4.26. The quantitative estimate of drug-likeness (QED) is 0.527. The third-order valence-corrected chi connectivity index (χ3v) is 5.92. The molecule has 1 aliphatic rings. The van der Waals surface area contributed by atoms with E-state index in [1.807, 2.05) is 34.9 Å². The van der Waals surface area contributed by atoms with Gasteiger partial charge in [0.25, 0.3) is 5.56 Å². The number of aryl methyl sites for hydroxylation is 1. The topological polar surface area (TPSA) is 65.1 Å². The number of imidazole rings is 1. The van der Waals surface area contributed by atoms with Crippen LogP contribution in [0.15, 0.2) is 64.2 Å². The molecule has 0 spiro atoms. The summed E-state index contributed by atoms with van der Waals surface area (Å²) in [6.45, 7) is 2.05. The van der Waals surface area contributed by atoms with Crippen LogP contribution < -0.4 is 16.1 Å². The van der Waals surface area contributed by atoms with E-state index in [0.717, 1.165) is 35.6 Å². The van der Waals surface area contributed by atoms with Gasteiger partial charge in [-0.05, 0) is 23.1 Å². The second-order valence-corrected chi connectivity index (χ2v) is 7.80. The molecule has 2 aromatic carbocycles. The van der Waals surface area contributed by atoms with Crippen molar-refractivity contribution in [2.45, 2.75) is 19.5 Å². The zero-order valence-electron chi connectivity index (χ0n) is 17.1. The highest BCUT2D eigenvalue weighted by atomic mass is 16.2. The SMILES string of the molecule is Cn1c(=O)c2c(nc(N3CCc4ccccc4C3)n2Cc2ccccc2)n(C)c1=O. The number of fused-ring (bicyclic) bond motifs is 2. The van der Waals surface area contributed by atoms with E-state index in [4.69, 9.17) is 4.98 Å². The third-order valence-electron chi connectivity index (χ3n) is 5.92. The van der Waals surface area contributed by atoms with Crippen molar-refractivity contribution in [2.75, 3.05) is 11.4 Å². The second kappa shape index (κ2) is 7.02. The van der Waals surface area contributed by atoms with Crippen LogP contribution in [0.3, 0.4) is 0 Å². The molecule has 0 radical (unpaired) electrons. The van der Waals surface area contributed by atoms with Crippen molar-refractivity contribution < 1.29 is 0 Å². The third kappa shape index (κ3) is 2.85. The van der Waals surface area contributed by atoms with Crippen LogP contribution in [0, 0.1) is 0 Å². The van der Waals surface area contributed by atoms with Crippen molar-refractivity contribution >= 4 is 17.1 Å². The monoisotopic (exact) mass is 401 g/mol. The first-order valence-electron chi connectivity index (χ1n) is 10.1. The van der Waals surface area contributed by atoms with Gasteiger partial charge in [-0.15, -0.1) is 0 Å². The average Bonchev–Trinajstić information content (AvgIpc) is 3.16. The predicted octanol–water partition coefficient (Wildman–Crippen LogP) is 2.04. The Morgan fingerprint density at radius 2 is 1.60 bits per heavy atom. The molecule has 0 fully saturated rings. The Labute approximate surface area is 173 Å². The lowest BCUT2D eigenvalue weighted by Gasteiger charge is -2.30. The number of anilines is 1. The van der Waals surface area contributed by atoms with E-state index in [2.05, 4.69) is 29.2 Å². The number of hydrogen-bond donors (Lipinski definition) is 0. The van der Waals surface area contributed by atoms with E-state index in [1.165, 1.54) is 22.7 Å². The molecular weight excluding hydrogens is 378 g/mol. The molecule has 30 heavy (non-hydrogen) atoms. The van der Waals surface area contributed by atoms with Crippen molar-refractivity contribution in [1.82, 2.24) is 18.7 Å². The maximum atomic E-state index is 13.1. The molecule has 7 heteroatoms. The fraction of sp³-hybridized carbons (Fsp3) is 0.261. The molecule has 5 rings (SSSR count). The molecule has 3 heterocycles. The molecule has 0 amide bonds. The van der Waals surface area contributed by atoms with Gasteiger partial charge in [0.05, 0.1) is 6.54 Å². The zero-order chi connectivity index (χ0) is 20.8. The molecule has 1 aliphatic heterocycles. The Bertz CT molecular complexity index is 1360. The lowest BCUT2D eigenvalue weighted by molar-refractivity contribution is 0.674. The summed E-state index contributed by atoms with van der Waals surface area (Å²) in [4.78, 5) is 32.6. The normalized spacial score (nSPS) is 13.6. The van der Waals surface area contributed by atoms with E-state index in [-0.39, 0.29) is 11.2 Å². The largest absolute Gasteiger partial charge is 0.337 e. The van der Waals surface area contributed by atoms with Gasteiger partial charge in [-0.3, -0.25) is 18.5 Å². The minimum Gasteiger partial charge on any atom is -0.337 e. The van der Waals surface area contributed by atoms with Gasteiger partial charge in [0.1, 0.15) is 0 Å². The first-order chi connectivity index (χ1) is 14.5. The van der Waals surface area contributed by atoms with Crippen LogP contribution in [0.5, 0.6) is 0 Å². The second-order valence-electron chi connectivity index (χ2n) is 7.80. The first kappa shape index (κ1) is 18.4. The number of nitrogens with zero attached hydrogens (tertiary/aromatic N) is 5. The van der Waals surface area contributed by atoms with Gasteiger partial charge < -0.3 is 4.90 Å². The van der Waals surface area contributed by atoms with Gasteiger partial charge in [-0.25, -0.2) is 4.79 Å². The minimum atomic E-state index is -0.368.